The average Bonchev–Trinajstić information content (AvgIpc) is 3.04. The fraction of sp³-hybridized carbons (Fsp3) is 0.600. The quantitative estimate of drug-likeness (QED) is 0.658. The van der Waals surface area contributed by atoms with Crippen molar-refractivity contribution in [2.75, 3.05) is 18.0 Å². The molecule has 3 heterocycles. The number of amides is 1. The van der Waals surface area contributed by atoms with Crippen LogP contribution in [0.2, 0.25) is 0 Å². The summed E-state index contributed by atoms with van der Waals surface area (Å²) >= 11 is 0. The zero-order chi connectivity index (χ0) is 22.4. The number of allylic oxidation sites excluding steroid dienone is 2. The molecule has 2 aromatic rings. The Morgan fingerprint density at radius 3 is 2.53 bits per heavy atom. The van der Waals surface area contributed by atoms with Crippen molar-refractivity contribution in [2.45, 2.75) is 58.7 Å². The molecule has 0 bridgehead atoms. The highest BCUT2D eigenvalue weighted by Crippen LogP contribution is 2.24. The van der Waals surface area contributed by atoms with Crippen LogP contribution in [0.4, 0.5) is 5.95 Å². The number of anilines is 1. The van der Waals surface area contributed by atoms with Crippen molar-refractivity contribution in [2.24, 2.45) is 18.5 Å². The molecule has 10 nitrogen and oxygen atoms in total. The van der Waals surface area contributed by atoms with Crippen LogP contribution >= 0.6 is 0 Å². The van der Waals surface area contributed by atoms with Crippen molar-refractivity contribution in [3.63, 3.8) is 0 Å². The molecule has 3 rings (SSSR count). The van der Waals surface area contributed by atoms with Crippen molar-refractivity contribution in [3.05, 3.63) is 32.5 Å². The van der Waals surface area contributed by atoms with Gasteiger partial charge in [0.2, 0.25) is 11.9 Å². The number of nitrogens with two attached hydrogens (primary N) is 2. The molecule has 1 aliphatic rings. The number of carbonyl (C=O) groups is 1. The van der Waals surface area contributed by atoms with Gasteiger partial charge in [-0.2, -0.15) is 4.98 Å². The molecule has 0 aromatic carbocycles. The number of aromatic nitrogens is 4. The summed E-state index contributed by atoms with van der Waals surface area (Å²) in [4.78, 5) is 45.2. The van der Waals surface area contributed by atoms with Crippen LogP contribution in [-0.4, -0.2) is 43.7 Å². The first-order valence-corrected chi connectivity index (χ1v) is 10.1. The second-order valence-corrected chi connectivity index (χ2v) is 8.73. The van der Waals surface area contributed by atoms with Gasteiger partial charge >= 0.3 is 5.69 Å². The smallest absolute Gasteiger partial charge is 0.333 e. The number of fused-ring (bicyclic) bond motifs is 1. The summed E-state index contributed by atoms with van der Waals surface area (Å²) in [6.45, 7) is 8.66. The lowest BCUT2D eigenvalue weighted by atomic mass is 10.0. The van der Waals surface area contributed by atoms with Gasteiger partial charge in [-0.3, -0.25) is 14.2 Å². The van der Waals surface area contributed by atoms with Crippen LogP contribution in [0.3, 0.4) is 0 Å². The Balaban J connectivity index is 2.38. The lowest BCUT2D eigenvalue weighted by molar-refractivity contribution is -0.125. The van der Waals surface area contributed by atoms with Crippen LogP contribution < -0.4 is 27.6 Å². The average molecular weight is 418 g/mol. The number of hydrogen-bond donors (Lipinski definition) is 2. The molecule has 2 aromatic heterocycles. The topological polar surface area (TPSA) is 134 Å². The monoisotopic (exact) mass is 417 g/mol. The highest BCUT2D eigenvalue weighted by Gasteiger charge is 2.34. The predicted octanol–water partition coefficient (Wildman–Crippen LogP) is 0.0108. The third-order valence-electron chi connectivity index (χ3n) is 5.72. The van der Waals surface area contributed by atoms with E-state index < -0.39 is 22.7 Å². The standard InChI is InChI=1S/C20H31N7O3/c1-12(2)8-10-26-14-15(23-18(26)25-9-6-7-13(21)11-25)24(5)19(30)27(16(14)28)20(3,4)17(22)29/h8,13H,6-7,9-11,21H2,1-5H3,(H2,22,29). The normalized spacial score (nSPS) is 17.4. The van der Waals surface area contributed by atoms with Gasteiger partial charge in [-0.05, 0) is 40.5 Å². The van der Waals surface area contributed by atoms with E-state index in [1.165, 1.54) is 18.4 Å². The Labute approximate surface area is 174 Å². The van der Waals surface area contributed by atoms with Gasteiger partial charge in [0.1, 0.15) is 5.54 Å². The van der Waals surface area contributed by atoms with Crippen molar-refractivity contribution < 1.29 is 4.79 Å². The third kappa shape index (κ3) is 3.55. The molecule has 164 valence electrons. The number of primary amides is 1. The maximum absolute atomic E-state index is 13.5. The third-order valence-corrected chi connectivity index (χ3v) is 5.72. The Morgan fingerprint density at radius 2 is 1.97 bits per heavy atom. The minimum Gasteiger partial charge on any atom is -0.368 e. The number of nitrogens with zero attached hydrogens (tertiary/aromatic N) is 5. The Bertz CT molecular complexity index is 1130. The van der Waals surface area contributed by atoms with E-state index in [0.717, 1.165) is 29.5 Å². The fourth-order valence-corrected chi connectivity index (χ4v) is 3.79. The van der Waals surface area contributed by atoms with Crippen molar-refractivity contribution >= 4 is 23.0 Å². The van der Waals surface area contributed by atoms with Crippen LogP contribution in [0, 0.1) is 0 Å². The lowest BCUT2D eigenvalue weighted by Crippen LogP contribution is -2.54. The maximum atomic E-state index is 13.5. The summed E-state index contributed by atoms with van der Waals surface area (Å²) in [6, 6.07) is 0.0183. The van der Waals surface area contributed by atoms with E-state index in [1.807, 2.05) is 19.9 Å². The number of imidazole rings is 1. The van der Waals surface area contributed by atoms with Gasteiger partial charge in [0, 0.05) is 32.7 Å². The van der Waals surface area contributed by atoms with E-state index in [0.29, 0.717) is 19.0 Å². The molecule has 30 heavy (non-hydrogen) atoms. The molecular formula is C20H31N7O3. The van der Waals surface area contributed by atoms with E-state index >= 15 is 0 Å². The summed E-state index contributed by atoms with van der Waals surface area (Å²) < 4.78 is 4.02. The zero-order valence-corrected chi connectivity index (χ0v) is 18.3. The van der Waals surface area contributed by atoms with E-state index in [9.17, 15) is 14.4 Å². The van der Waals surface area contributed by atoms with Gasteiger partial charge in [-0.25, -0.2) is 9.36 Å². The molecule has 0 saturated carbocycles. The molecule has 1 aliphatic heterocycles. The first kappa shape index (κ1) is 21.8. The second-order valence-electron chi connectivity index (χ2n) is 8.73. The molecule has 1 atom stereocenters. The number of carbonyl (C=O) groups excluding carboxylic acids is 1. The van der Waals surface area contributed by atoms with Crippen LogP contribution in [0.5, 0.6) is 0 Å². The van der Waals surface area contributed by atoms with Crippen LogP contribution in [0.1, 0.15) is 40.5 Å². The molecule has 10 heteroatoms. The summed E-state index contributed by atoms with van der Waals surface area (Å²) in [5.41, 5.74) is 10.6. The van der Waals surface area contributed by atoms with E-state index in [1.54, 1.807) is 11.6 Å². The summed E-state index contributed by atoms with van der Waals surface area (Å²) in [6.07, 6.45) is 3.84. The molecule has 1 amide bonds. The van der Waals surface area contributed by atoms with Gasteiger partial charge in [-0.1, -0.05) is 11.6 Å². The van der Waals surface area contributed by atoms with E-state index in [4.69, 9.17) is 11.5 Å². The zero-order valence-electron chi connectivity index (χ0n) is 18.3. The van der Waals surface area contributed by atoms with Crippen molar-refractivity contribution in [1.82, 2.24) is 18.7 Å². The molecule has 1 fully saturated rings. The van der Waals surface area contributed by atoms with Gasteiger partial charge in [0.15, 0.2) is 11.2 Å². The minimum atomic E-state index is -1.49. The largest absolute Gasteiger partial charge is 0.368 e. The number of aryl methyl sites for hydroxylation is 1. The summed E-state index contributed by atoms with van der Waals surface area (Å²) in [5, 5.41) is 0. The van der Waals surface area contributed by atoms with Gasteiger partial charge in [0.25, 0.3) is 5.56 Å². The van der Waals surface area contributed by atoms with Crippen LogP contribution in [-0.2, 0) is 23.9 Å². The van der Waals surface area contributed by atoms with Crippen LogP contribution in [0.15, 0.2) is 21.2 Å². The molecule has 1 unspecified atom stereocenters. The van der Waals surface area contributed by atoms with Crippen LogP contribution in [0.25, 0.3) is 11.2 Å². The van der Waals surface area contributed by atoms with Crippen molar-refractivity contribution in [3.8, 4) is 0 Å². The first-order chi connectivity index (χ1) is 14.0. The Morgan fingerprint density at radius 1 is 1.30 bits per heavy atom. The predicted molar refractivity (Wildman–Crippen MR) is 117 cm³/mol. The number of hydrogen-bond acceptors (Lipinski definition) is 6. The summed E-state index contributed by atoms with van der Waals surface area (Å²) in [7, 11) is 1.54. The second kappa shape index (κ2) is 7.75. The highest BCUT2D eigenvalue weighted by molar-refractivity contribution is 5.82. The van der Waals surface area contributed by atoms with Crippen molar-refractivity contribution in [1.29, 1.82) is 0 Å². The Hall–Kier alpha value is -2.88. The number of piperidine rings is 1. The molecule has 1 saturated heterocycles. The summed E-state index contributed by atoms with van der Waals surface area (Å²) in [5.74, 6) is -0.168. The van der Waals surface area contributed by atoms with Gasteiger partial charge < -0.3 is 20.9 Å². The molecule has 0 aliphatic carbocycles. The molecule has 0 spiro atoms. The lowest BCUT2D eigenvalue weighted by Gasteiger charge is -2.31. The van der Waals surface area contributed by atoms with E-state index in [-0.39, 0.29) is 17.2 Å². The molecular weight excluding hydrogens is 386 g/mol. The SMILES string of the molecule is CC(C)=CCn1c(N2CCCC(N)C2)nc2c1c(=O)n(C(C)(C)C(N)=O)c(=O)n2C. The maximum Gasteiger partial charge on any atom is 0.333 e. The first-order valence-electron chi connectivity index (χ1n) is 10.1. The number of rotatable bonds is 5. The van der Waals surface area contributed by atoms with Gasteiger partial charge in [0.05, 0.1) is 0 Å². The minimum absolute atomic E-state index is 0.0183. The van der Waals surface area contributed by atoms with E-state index in [2.05, 4.69) is 9.88 Å². The Kier molecular flexibility index (Phi) is 5.64. The molecule has 0 radical (unpaired) electrons. The fourth-order valence-electron chi connectivity index (χ4n) is 3.79. The van der Waals surface area contributed by atoms with Gasteiger partial charge in [-0.15, -0.1) is 0 Å². The highest BCUT2D eigenvalue weighted by atomic mass is 16.2. The molecule has 4 N–H and O–H groups in total.